The van der Waals surface area contributed by atoms with Crippen molar-refractivity contribution in [3.05, 3.63) is 35.9 Å². The van der Waals surface area contributed by atoms with Crippen LogP contribution in [-0.4, -0.2) is 41.7 Å². The maximum Gasteiger partial charge on any atom is 0.169 e. The summed E-state index contributed by atoms with van der Waals surface area (Å²) in [6.45, 7) is 2.99. The molecule has 1 aliphatic rings. The predicted octanol–water partition coefficient (Wildman–Crippen LogP) is 0.634. The van der Waals surface area contributed by atoms with Crippen molar-refractivity contribution in [3.8, 4) is 0 Å². The molecule has 0 saturated carbocycles. The van der Waals surface area contributed by atoms with Gasteiger partial charge in [0.1, 0.15) is 6.10 Å². The predicted molar refractivity (Wildman–Crippen MR) is 64.9 cm³/mol. The van der Waals surface area contributed by atoms with Crippen LogP contribution in [0.15, 0.2) is 35.5 Å². The van der Waals surface area contributed by atoms with Gasteiger partial charge in [-0.2, -0.15) is 0 Å². The van der Waals surface area contributed by atoms with Crippen LogP contribution in [-0.2, 0) is 11.3 Å². The first-order valence-electron chi connectivity index (χ1n) is 5.65. The number of nitrogens with zero attached hydrogens (tertiary/aromatic N) is 2. The summed E-state index contributed by atoms with van der Waals surface area (Å²) in [6, 6.07) is 10.2. The first kappa shape index (κ1) is 11.9. The second kappa shape index (κ2) is 5.65. The minimum Gasteiger partial charge on any atom is -0.409 e. The maximum absolute atomic E-state index is 8.63. The fraction of sp³-hybridized carbons (Fsp3) is 0.417. The van der Waals surface area contributed by atoms with Gasteiger partial charge in [0.05, 0.1) is 6.61 Å². The number of ether oxygens (including phenoxy) is 1. The van der Waals surface area contributed by atoms with Gasteiger partial charge in [-0.3, -0.25) is 4.90 Å². The van der Waals surface area contributed by atoms with E-state index in [0.717, 1.165) is 13.1 Å². The van der Waals surface area contributed by atoms with Crippen LogP contribution < -0.4 is 5.73 Å². The van der Waals surface area contributed by atoms with Gasteiger partial charge in [0.2, 0.25) is 0 Å². The topological polar surface area (TPSA) is 71.1 Å². The third-order valence-electron chi connectivity index (χ3n) is 2.84. The molecule has 1 fully saturated rings. The van der Waals surface area contributed by atoms with Crippen molar-refractivity contribution in [1.82, 2.24) is 4.90 Å². The molecule has 1 heterocycles. The summed E-state index contributed by atoms with van der Waals surface area (Å²) in [4.78, 5) is 2.24. The molecule has 0 bridgehead atoms. The normalized spacial score (nSPS) is 22.6. The van der Waals surface area contributed by atoms with E-state index >= 15 is 0 Å². The highest BCUT2D eigenvalue weighted by Gasteiger charge is 2.23. The standard InChI is InChI=1S/C12H17N3O2/c13-12(14-16)11-9-15(6-7-17-11)8-10-4-2-1-3-5-10/h1-5,11,16H,6-9H2,(H2,13,14). The lowest BCUT2D eigenvalue weighted by Crippen LogP contribution is -2.48. The van der Waals surface area contributed by atoms with Gasteiger partial charge in [-0.1, -0.05) is 35.5 Å². The molecule has 0 amide bonds. The molecule has 0 radical (unpaired) electrons. The van der Waals surface area contributed by atoms with Crippen molar-refractivity contribution in [2.24, 2.45) is 10.9 Å². The molecule has 0 aromatic heterocycles. The van der Waals surface area contributed by atoms with Gasteiger partial charge in [-0.25, -0.2) is 0 Å². The average molecular weight is 235 g/mol. The minimum absolute atomic E-state index is 0.141. The zero-order chi connectivity index (χ0) is 12.1. The number of hydrogen-bond donors (Lipinski definition) is 2. The number of rotatable bonds is 3. The summed E-state index contributed by atoms with van der Waals surface area (Å²) in [5.41, 5.74) is 6.81. The van der Waals surface area contributed by atoms with Crippen molar-refractivity contribution in [3.63, 3.8) is 0 Å². The Hall–Kier alpha value is -1.59. The number of hydrogen-bond acceptors (Lipinski definition) is 4. The molecule has 0 aliphatic carbocycles. The highest BCUT2D eigenvalue weighted by Crippen LogP contribution is 2.10. The summed E-state index contributed by atoms with van der Waals surface area (Å²) in [5.74, 6) is 0.141. The molecule has 1 saturated heterocycles. The van der Waals surface area contributed by atoms with E-state index in [1.807, 2.05) is 18.2 Å². The van der Waals surface area contributed by atoms with Crippen LogP contribution in [0, 0.1) is 0 Å². The molecule has 2 rings (SSSR count). The summed E-state index contributed by atoms with van der Waals surface area (Å²) < 4.78 is 5.44. The van der Waals surface area contributed by atoms with E-state index in [0.29, 0.717) is 13.2 Å². The van der Waals surface area contributed by atoms with E-state index < -0.39 is 0 Å². The van der Waals surface area contributed by atoms with Crippen LogP contribution in [0.2, 0.25) is 0 Å². The summed E-state index contributed by atoms with van der Waals surface area (Å²) in [7, 11) is 0. The van der Waals surface area contributed by atoms with Crippen molar-refractivity contribution >= 4 is 5.84 Å². The number of morpholine rings is 1. The van der Waals surface area contributed by atoms with Gasteiger partial charge >= 0.3 is 0 Å². The maximum atomic E-state index is 8.63. The molecule has 1 unspecified atom stereocenters. The summed E-state index contributed by atoms with van der Waals surface area (Å²) >= 11 is 0. The third kappa shape index (κ3) is 3.18. The van der Waals surface area contributed by atoms with Crippen LogP contribution >= 0.6 is 0 Å². The SMILES string of the molecule is NC(=NO)C1CN(Cc2ccccc2)CCO1. The fourth-order valence-electron chi connectivity index (χ4n) is 1.93. The fourth-order valence-corrected chi connectivity index (χ4v) is 1.93. The Balaban J connectivity index is 1.94. The average Bonchev–Trinajstić information content (AvgIpc) is 2.39. The molecule has 5 heteroatoms. The molecule has 1 aromatic rings. The van der Waals surface area contributed by atoms with Crippen LogP contribution in [0.25, 0.3) is 0 Å². The van der Waals surface area contributed by atoms with Gasteiger partial charge in [-0.15, -0.1) is 0 Å². The highest BCUT2D eigenvalue weighted by molar-refractivity contribution is 5.84. The lowest BCUT2D eigenvalue weighted by molar-refractivity contribution is 0.00141. The Kier molecular flexibility index (Phi) is 3.95. The van der Waals surface area contributed by atoms with Crippen molar-refractivity contribution in [2.45, 2.75) is 12.6 Å². The lowest BCUT2D eigenvalue weighted by Gasteiger charge is -2.32. The largest absolute Gasteiger partial charge is 0.409 e. The Morgan fingerprint density at radius 3 is 2.94 bits per heavy atom. The molecule has 1 aliphatic heterocycles. The second-order valence-electron chi connectivity index (χ2n) is 4.11. The molecular formula is C12H17N3O2. The van der Waals surface area contributed by atoms with E-state index in [-0.39, 0.29) is 11.9 Å². The Morgan fingerprint density at radius 1 is 1.47 bits per heavy atom. The number of oxime groups is 1. The van der Waals surface area contributed by atoms with Crippen molar-refractivity contribution < 1.29 is 9.94 Å². The van der Waals surface area contributed by atoms with Crippen molar-refractivity contribution in [1.29, 1.82) is 0 Å². The molecule has 1 aromatic carbocycles. The lowest BCUT2D eigenvalue weighted by atomic mass is 10.2. The van der Waals surface area contributed by atoms with Crippen LogP contribution in [0.5, 0.6) is 0 Å². The van der Waals surface area contributed by atoms with E-state index in [2.05, 4.69) is 22.2 Å². The zero-order valence-electron chi connectivity index (χ0n) is 9.62. The highest BCUT2D eigenvalue weighted by atomic mass is 16.5. The number of benzene rings is 1. The van der Waals surface area contributed by atoms with Gasteiger partial charge in [-0.05, 0) is 5.56 Å². The zero-order valence-corrected chi connectivity index (χ0v) is 9.62. The number of amidine groups is 1. The molecule has 5 nitrogen and oxygen atoms in total. The number of nitrogens with two attached hydrogens (primary N) is 1. The Morgan fingerprint density at radius 2 is 2.24 bits per heavy atom. The van der Waals surface area contributed by atoms with Gasteiger partial charge in [0.15, 0.2) is 5.84 Å². The van der Waals surface area contributed by atoms with Crippen molar-refractivity contribution in [2.75, 3.05) is 19.7 Å². The van der Waals surface area contributed by atoms with Crippen LogP contribution in [0.4, 0.5) is 0 Å². The van der Waals surface area contributed by atoms with Gasteiger partial charge in [0, 0.05) is 19.6 Å². The molecular weight excluding hydrogens is 218 g/mol. The molecule has 3 N–H and O–H groups in total. The minimum atomic E-state index is -0.308. The molecule has 17 heavy (non-hydrogen) atoms. The first-order chi connectivity index (χ1) is 8.29. The smallest absolute Gasteiger partial charge is 0.169 e. The second-order valence-corrected chi connectivity index (χ2v) is 4.11. The van der Waals surface area contributed by atoms with E-state index in [1.54, 1.807) is 0 Å². The van der Waals surface area contributed by atoms with Crippen LogP contribution in [0.3, 0.4) is 0 Å². The Bertz CT molecular complexity index is 381. The summed E-state index contributed by atoms with van der Waals surface area (Å²) in [5, 5.41) is 11.6. The Labute approximate surface area is 100 Å². The van der Waals surface area contributed by atoms with E-state index in [4.69, 9.17) is 15.7 Å². The first-order valence-corrected chi connectivity index (χ1v) is 5.65. The molecule has 1 atom stereocenters. The third-order valence-corrected chi connectivity index (χ3v) is 2.84. The molecule has 92 valence electrons. The summed E-state index contributed by atoms with van der Waals surface area (Å²) in [6.07, 6.45) is -0.308. The van der Waals surface area contributed by atoms with E-state index in [1.165, 1.54) is 5.56 Å². The van der Waals surface area contributed by atoms with Crippen LogP contribution in [0.1, 0.15) is 5.56 Å². The molecule has 0 spiro atoms. The monoisotopic (exact) mass is 235 g/mol. The van der Waals surface area contributed by atoms with Gasteiger partial charge < -0.3 is 15.7 Å². The van der Waals surface area contributed by atoms with Gasteiger partial charge in [0.25, 0.3) is 0 Å². The quantitative estimate of drug-likeness (QED) is 0.349. The van der Waals surface area contributed by atoms with E-state index in [9.17, 15) is 0 Å².